The molecule has 0 radical (unpaired) electrons. The molecule has 1 N–H and O–H groups in total. The predicted octanol–water partition coefficient (Wildman–Crippen LogP) is 4.77. The number of fused-ring (bicyclic) bond motifs is 1. The van der Waals surface area contributed by atoms with Crippen molar-refractivity contribution in [3.05, 3.63) is 106 Å². The van der Waals surface area contributed by atoms with Crippen LogP contribution in [0.3, 0.4) is 0 Å². The van der Waals surface area contributed by atoms with E-state index in [0.29, 0.717) is 40.6 Å². The number of anilines is 1. The minimum Gasteiger partial charge on any atom is -0.497 e. The number of aromatic nitrogens is 2. The fourth-order valence-corrected chi connectivity index (χ4v) is 6.76. The molecule has 0 amide bonds. The van der Waals surface area contributed by atoms with Crippen LogP contribution in [0.15, 0.2) is 93.3 Å². The van der Waals surface area contributed by atoms with E-state index in [0.717, 1.165) is 4.31 Å². The monoisotopic (exact) mass is 605 g/mol. The molecule has 5 aromatic rings. The van der Waals surface area contributed by atoms with Crippen molar-refractivity contribution in [3.8, 4) is 17.2 Å². The smallest absolute Gasteiger partial charge is 0.265 e. The molecule has 0 aliphatic heterocycles. The third kappa shape index (κ3) is 5.23. The standard InChI is InChI=1S/C31H28FN3O7S/c1-40-23-6-3-19(4-7-23)18-34(30-11-12-42-33-30)43(38,39)24-8-9-27-20(15-24)5-10-31(37)35(27)28-17-26(32)25(16-29(28)41-2)21-13-22(36)14-21/h3-12,15-17,21-22,36H,13-14,18H2,1-2H3. The molecule has 1 aliphatic carbocycles. The van der Waals surface area contributed by atoms with Crippen LogP contribution in [0.25, 0.3) is 16.6 Å². The van der Waals surface area contributed by atoms with Crippen LogP contribution in [-0.4, -0.2) is 43.6 Å². The Kier molecular flexibility index (Phi) is 7.40. The number of nitrogens with zero attached hydrogens (tertiary/aromatic N) is 3. The lowest BCUT2D eigenvalue weighted by Crippen LogP contribution is -2.31. The lowest BCUT2D eigenvalue weighted by Gasteiger charge is -2.32. The number of halogens is 1. The first-order valence-electron chi connectivity index (χ1n) is 13.5. The molecule has 2 aromatic heterocycles. The Labute approximate surface area is 246 Å². The molecule has 0 unspecified atom stereocenters. The maximum atomic E-state index is 15.3. The van der Waals surface area contributed by atoms with Crippen LogP contribution in [-0.2, 0) is 16.6 Å². The molecular formula is C31H28FN3O7S. The van der Waals surface area contributed by atoms with E-state index >= 15 is 4.39 Å². The molecule has 3 aromatic carbocycles. The summed E-state index contributed by atoms with van der Waals surface area (Å²) < 4.78 is 61.4. The fraction of sp³-hybridized carbons (Fsp3) is 0.226. The van der Waals surface area contributed by atoms with E-state index in [4.69, 9.17) is 14.0 Å². The highest BCUT2D eigenvalue weighted by molar-refractivity contribution is 7.92. The van der Waals surface area contributed by atoms with Crippen LogP contribution in [0.5, 0.6) is 11.5 Å². The molecule has 12 heteroatoms. The first-order valence-corrected chi connectivity index (χ1v) is 14.9. The van der Waals surface area contributed by atoms with Crippen molar-refractivity contribution >= 4 is 26.7 Å². The van der Waals surface area contributed by atoms with E-state index in [2.05, 4.69) is 5.16 Å². The van der Waals surface area contributed by atoms with Crippen molar-refractivity contribution in [2.45, 2.75) is 36.3 Å². The lowest BCUT2D eigenvalue weighted by atomic mass is 9.77. The van der Waals surface area contributed by atoms with Crippen LogP contribution < -0.4 is 19.3 Å². The van der Waals surface area contributed by atoms with Crippen molar-refractivity contribution in [1.29, 1.82) is 0 Å². The number of hydrogen-bond acceptors (Lipinski definition) is 8. The van der Waals surface area contributed by atoms with Gasteiger partial charge in [-0.25, -0.2) is 17.1 Å². The molecule has 6 rings (SSSR count). The maximum absolute atomic E-state index is 15.3. The van der Waals surface area contributed by atoms with Gasteiger partial charge in [-0.15, -0.1) is 0 Å². The van der Waals surface area contributed by atoms with Gasteiger partial charge in [-0.05, 0) is 72.4 Å². The van der Waals surface area contributed by atoms with Crippen LogP contribution >= 0.6 is 0 Å². The zero-order valence-corrected chi connectivity index (χ0v) is 24.1. The summed E-state index contributed by atoms with van der Waals surface area (Å²) in [5.74, 6) is 0.354. The average Bonchev–Trinajstić information content (AvgIpc) is 3.53. The van der Waals surface area contributed by atoms with Gasteiger partial charge in [0.2, 0.25) is 0 Å². The maximum Gasteiger partial charge on any atom is 0.265 e. The Balaban J connectivity index is 1.42. The number of aliphatic hydroxyl groups excluding tert-OH is 1. The van der Waals surface area contributed by atoms with Crippen molar-refractivity contribution in [3.63, 3.8) is 0 Å². The molecule has 0 atom stereocenters. The van der Waals surface area contributed by atoms with Gasteiger partial charge in [-0.2, -0.15) is 0 Å². The lowest BCUT2D eigenvalue weighted by molar-refractivity contribution is 0.0733. The Morgan fingerprint density at radius 2 is 1.79 bits per heavy atom. The van der Waals surface area contributed by atoms with Crippen LogP contribution in [0.4, 0.5) is 10.2 Å². The molecule has 0 spiro atoms. The van der Waals surface area contributed by atoms with Crippen molar-refractivity contribution < 1.29 is 31.9 Å². The zero-order chi connectivity index (χ0) is 30.3. The summed E-state index contributed by atoms with van der Waals surface area (Å²) in [6.07, 6.45) is 1.73. The molecule has 222 valence electrons. The molecule has 1 aliphatic rings. The van der Waals surface area contributed by atoms with E-state index in [1.54, 1.807) is 37.4 Å². The van der Waals surface area contributed by atoms with Crippen LogP contribution in [0.1, 0.15) is 29.9 Å². The van der Waals surface area contributed by atoms with Gasteiger partial charge in [0.05, 0.1) is 43.0 Å². The molecule has 2 heterocycles. The molecule has 43 heavy (non-hydrogen) atoms. The first kappa shape index (κ1) is 28.4. The number of benzene rings is 3. The van der Waals surface area contributed by atoms with Crippen molar-refractivity contribution in [2.24, 2.45) is 0 Å². The third-order valence-electron chi connectivity index (χ3n) is 7.71. The van der Waals surface area contributed by atoms with Gasteiger partial charge in [0.15, 0.2) is 5.82 Å². The topological polar surface area (TPSA) is 124 Å². The molecule has 0 saturated heterocycles. The summed E-state index contributed by atoms with van der Waals surface area (Å²) in [6.45, 7) is -0.0305. The predicted molar refractivity (Wildman–Crippen MR) is 157 cm³/mol. The summed E-state index contributed by atoms with van der Waals surface area (Å²) in [7, 11) is -1.19. The van der Waals surface area contributed by atoms with Gasteiger partial charge in [-0.3, -0.25) is 9.36 Å². The van der Waals surface area contributed by atoms with Crippen molar-refractivity contribution in [1.82, 2.24) is 9.72 Å². The highest BCUT2D eigenvalue weighted by atomic mass is 32.2. The molecule has 1 fully saturated rings. The number of hydrogen-bond donors (Lipinski definition) is 1. The summed E-state index contributed by atoms with van der Waals surface area (Å²) in [6, 6.07) is 18.4. The quantitative estimate of drug-likeness (QED) is 0.255. The second kappa shape index (κ2) is 11.2. The normalized spacial score (nSPS) is 16.6. The molecular weight excluding hydrogens is 577 g/mol. The second-order valence-electron chi connectivity index (χ2n) is 10.3. The van der Waals surface area contributed by atoms with E-state index < -0.39 is 27.5 Å². The number of aliphatic hydroxyl groups is 1. The molecule has 1 saturated carbocycles. The van der Waals surface area contributed by atoms with E-state index in [9.17, 15) is 18.3 Å². The highest BCUT2D eigenvalue weighted by Crippen LogP contribution is 2.41. The Bertz CT molecular complexity index is 1950. The fourth-order valence-electron chi connectivity index (χ4n) is 5.33. The molecule has 10 nitrogen and oxygen atoms in total. The SMILES string of the molecule is COc1ccc(CN(c2ccon2)S(=O)(=O)c2ccc3c(ccc(=O)n3-c3cc(F)c(C4CC(O)C4)cc3OC)c2)cc1. The summed E-state index contributed by atoms with van der Waals surface area (Å²) in [4.78, 5) is 13.1. The second-order valence-corrected chi connectivity index (χ2v) is 12.2. The summed E-state index contributed by atoms with van der Waals surface area (Å²) in [5, 5.41) is 14.0. The van der Waals surface area contributed by atoms with Gasteiger partial charge >= 0.3 is 0 Å². The van der Waals surface area contributed by atoms with E-state index in [-0.39, 0.29) is 34.6 Å². The Morgan fingerprint density at radius 3 is 2.44 bits per heavy atom. The minimum absolute atomic E-state index is 0.0305. The average molecular weight is 606 g/mol. The number of methoxy groups -OCH3 is 2. The third-order valence-corrected chi connectivity index (χ3v) is 9.46. The molecule has 0 bridgehead atoms. The Morgan fingerprint density at radius 1 is 1.02 bits per heavy atom. The number of ether oxygens (including phenoxy) is 2. The zero-order valence-electron chi connectivity index (χ0n) is 23.3. The van der Waals surface area contributed by atoms with Crippen molar-refractivity contribution in [2.75, 3.05) is 18.5 Å². The largest absolute Gasteiger partial charge is 0.497 e. The van der Waals surface area contributed by atoms with Crippen LogP contribution in [0.2, 0.25) is 0 Å². The number of pyridine rings is 1. The van der Waals surface area contributed by atoms with Crippen LogP contribution in [0, 0.1) is 5.82 Å². The summed E-state index contributed by atoms with van der Waals surface area (Å²) in [5.41, 5.74) is 1.20. The van der Waals surface area contributed by atoms with Gasteiger partial charge in [-0.1, -0.05) is 17.3 Å². The van der Waals surface area contributed by atoms with E-state index in [1.807, 2.05) is 0 Å². The van der Waals surface area contributed by atoms with E-state index in [1.165, 1.54) is 60.4 Å². The minimum atomic E-state index is -4.17. The van der Waals surface area contributed by atoms with Gasteiger partial charge in [0.25, 0.3) is 15.6 Å². The highest BCUT2D eigenvalue weighted by Gasteiger charge is 2.32. The Hall–Kier alpha value is -4.68. The van der Waals surface area contributed by atoms with Gasteiger partial charge < -0.3 is 19.1 Å². The number of sulfonamides is 1. The first-order chi connectivity index (χ1) is 20.7. The van der Waals surface area contributed by atoms with Gasteiger partial charge in [0.1, 0.15) is 23.6 Å². The van der Waals surface area contributed by atoms with Gasteiger partial charge in [0, 0.05) is 23.6 Å². The number of rotatable bonds is 9. The summed E-state index contributed by atoms with van der Waals surface area (Å²) >= 11 is 0.